The number of hydrogen-bond donors (Lipinski definition) is 2. The maximum Gasteiger partial charge on any atom is 0.416 e. The zero-order valence-electron chi connectivity index (χ0n) is 16.1. The van der Waals surface area contributed by atoms with Gasteiger partial charge in [0.2, 0.25) is 0 Å². The molecule has 6 heteroatoms. The Morgan fingerprint density at radius 3 is 2.07 bits per heavy atom. The van der Waals surface area contributed by atoms with Crippen molar-refractivity contribution in [1.82, 2.24) is 9.97 Å². The molecule has 2 N–H and O–H groups in total. The van der Waals surface area contributed by atoms with Gasteiger partial charge >= 0.3 is 11.9 Å². The maximum absolute atomic E-state index is 12.8. The van der Waals surface area contributed by atoms with Gasteiger partial charge in [-0.25, -0.2) is 4.79 Å². The molecule has 29 heavy (non-hydrogen) atoms. The first-order valence-electron chi connectivity index (χ1n) is 9.90. The number of H-pyrrole nitrogens is 2. The molecule has 2 aromatic carbocycles. The van der Waals surface area contributed by atoms with Gasteiger partial charge in [-0.15, -0.1) is 0 Å². The van der Waals surface area contributed by atoms with Crippen molar-refractivity contribution < 1.29 is 13.2 Å². The largest absolute Gasteiger partial charge is 0.416 e. The molecule has 0 amide bonds. The summed E-state index contributed by atoms with van der Waals surface area (Å²) in [5.41, 5.74) is 1.18. The van der Waals surface area contributed by atoms with E-state index in [1.54, 1.807) is 6.07 Å². The summed E-state index contributed by atoms with van der Waals surface area (Å²) >= 11 is 0. The van der Waals surface area contributed by atoms with Gasteiger partial charge in [-0.05, 0) is 24.5 Å². The van der Waals surface area contributed by atoms with Crippen LogP contribution < -0.4 is 5.69 Å². The smallest absolute Gasteiger partial charge is 0.309 e. The van der Waals surface area contributed by atoms with Crippen LogP contribution >= 0.6 is 0 Å². The molecule has 0 bridgehead atoms. The molecule has 0 spiro atoms. The van der Waals surface area contributed by atoms with Crippen LogP contribution in [0.5, 0.6) is 0 Å². The van der Waals surface area contributed by atoms with Crippen molar-refractivity contribution in [2.75, 3.05) is 0 Å². The highest BCUT2D eigenvalue weighted by Gasteiger charge is 2.30. The highest BCUT2D eigenvalue weighted by molar-refractivity contribution is 5.31. The van der Waals surface area contributed by atoms with E-state index in [4.69, 9.17) is 0 Å². The second-order valence-electron chi connectivity index (χ2n) is 7.34. The average molecular weight is 402 g/mol. The van der Waals surface area contributed by atoms with Crippen LogP contribution in [0.25, 0.3) is 0 Å². The van der Waals surface area contributed by atoms with Gasteiger partial charge in [0, 0.05) is 23.7 Å². The monoisotopic (exact) mass is 402 g/mol. The van der Waals surface area contributed by atoms with Crippen LogP contribution in [0.15, 0.2) is 65.5 Å². The third-order valence-corrected chi connectivity index (χ3v) is 5.15. The van der Waals surface area contributed by atoms with Crippen molar-refractivity contribution in [3.63, 3.8) is 0 Å². The van der Waals surface area contributed by atoms with Gasteiger partial charge in [0.05, 0.1) is 5.56 Å². The quantitative estimate of drug-likeness (QED) is 0.551. The number of alkyl halides is 3. The van der Waals surface area contributed by atoms with Crippen molar-refractivity contribution in [3.8, 4) is 0 Å². The molecule has 154 valence electrons. The Morgan fingerprint density at radius 1 is 0.862 bits per heavy atom. The third kappa shape index (κ3) is 6.11. The summed E-state index contributed by atoms with van der Waals surface area (Å²) in [7, 11) is 0. The Hall–Kier alpha value is -2.76. The topological polar surface area (TPSA) is 48.6 Å². The minimum Gasteiger partial charge on any atom is -0.309 e. The fourth-order valence-electron chi connectivity index (χ4n) is 3.76. The molecule has 1 heterocycles. The number of benzene rings is 2. The van der Waals surface area contributed by atoms with Crippen LogP contribution in [0, 0.1) is 0 Å². The summed E-state index contributed by atoms with van der Waals surface area (Å²) < 4.78 is 38.5. The van der Waals surface area contributed by atoms with Crippen LogP contribution in [0.2, 0.25) is 0 Å². The number of aromatic nitrogens is 2. The van der Waals surface area contributed by atoms with Crippen molar-refractivity contribution >= 4 is 0 Å². The predicted molar refractivity (Wildman–Crippen MR) is 108 cm³/mol. The molecule has 1 saturated carbocycles. The fourth-order valence-corrected chi connectivity index (χ4v) is 3.76. The molecule has 0 unspecified atom stereocenters. The zero-order valence-corrected chi connectivity index (χ0v) is 16.1. The van der Waals surface area contributed by atoms with E-state index < -0.39 is 11.7 Å². The summed E-state index contributed by atoms with van der Waals surface area (Å²) in [4.78, 5) is 17.3. The number of aromatic amines is 2. The minimum absolute atomic E-state index is 0.285. The van der Waals surface area contributed by atoms with E-state index in [1.165, 1.54) is 12.5 Å². The lowest BCUT2D eigenvalue weighted by Gasteiger charge is -2.21. The van der Waals surface area contributed by atoms with E-state index in [1.807, 2.05) is 36.4 Å². The van der Waals surface area contributed by atoms with Crippen LogP contribution in [-0.2, 0) is 12.6 Å². The molecule has 0 atom stereocenters. The van der Waals surface area contributed by atoms with E-state index in [2.05, 4.69) is 9.97 Å². The van der Waals surface area contributed by atoms with Crippen molar-refractivity contribution in [3.05, 3.63) is 93.7 Å². The van der Waals surface area contributed by atoms with E-state index >= 15 is 0 Å². The van der Waals surface area contributed by atoms with E-state index in [0.717, 1.165) is 43.5 Å². The van der Waals surface area contributed by atoms with E-state index in [9.17, 15) is 18.0 Å². The van der Waals surface area contributed by atoms with Crippen LogP contribution in [0.1, 0.15) is 60.5 Å². The third-order valence-electron chi connectivity index (χ3n) is 5.15. The maximum atomic E-state index is 12.8. The summed E-state index contributed by atoms with van der Waals surface area (Å²) in [5, 5.41) is 0. The molecule has 1 aliphatic carbocycles. The number of imidazole rings is 1. The second kappa shape index (κ2) is 9.63. The second-order valence-corrected chi connectivity index (χ2v) is 7.34. The zero-order chi connectivity index (χ0) is 20.7. The summed E-state index contributed by atoms with van der Waals surface area (Å²) in [6, 6.07) is 17.3. The first kappa shape index (κ1) is 21.0. The molecule has 0 radical (unpaired) electrons. The Balaban J connectivity index is 0.000000343. The lowest BCUT2D eigenvalue weighted by Crippen LogP contribution is -2.09. The van der Waals surface area contributed by atoms with E-state index in [0.29, 0.717) is 23.6 Å². The molecule has 1 aromatic heterocycles. The molecule has 1 aliphatic rings. The van der Waals surface area contributed by atoms with Gasteiger partial charge in [-0.1, -0.05) is 73.9 Å². The van der Waals surface area contributed by atoms with Gasteiger partial charge in [0.25, 0.3) is 0 Å². The number of hydrogen-bond acceptors (Lipinski definition) is 1. The van der Waals surface area contributed by atoms with Crippen molar-refractivity contribution in [1.29, 1.82) is 0 Å². The Kier molecular flexibility index (Phi) is 6.96. The first-order chi connectivity index (χ1) is 13.9. The molecule has 3 nitrogen and oxygen atoms in total. The van der Waals surface area contributed by atoms with Crippen molar-refractivity contribution in [2.45, 2.75) is 50.6 Å². The normalized spacial score (nSPS) is 14.9. The van der Waals surface area contributed by atoms with Gasteiger partial charge < -0.3 is 9.97 Å². The standard InChI is InChI=1S/C17H19F3N2O.C6H6/c18-17(19,20)13-8-4-5-11(9-13)10-14-15(22-16(23)21-14)12-6-2-1-3-7-12;1-2-4-6-5-3-1/h4-5,8-9,12H,1-3,6-7,10H2,(H2,21,22,23);1-6H. The molecular weight excluding hydrogens is 377 g/mol. The predicted octanol–water partition coefficient (Wildman–Crippen LogP) is 6.05. The summed E-state index contributed by atoms with van der Waals surface area (Å²) in [6.07, 6.45) is 1.44. The molecule has 0 aliphatic heterocycles. The van der Waals surface area contributed by atoms with Crippen LogP contribution in [0.3, 0.4) is 0 Å². The minimum atomic E-state index is -4.35. The van der Waals surface area contributed by atoms with Gasteiger partial charge in [-0.3, -0.25) is 0 Å². The lowest BCUT2D eigenvalue weighted by molar-refractivity contribution is -0.137. The van der Waals surface area contributed by atoms with Gasteiger partial charge in [0.15, 0.2) is 0 Å². The number of nitrogens with one attached hydrogen (secondary N) is 2. The number of rotatable bonds is 3. The Labute approximate surface area is 168 Å². The van der Waals surface area contributed by atoms with Crippen molar-refractivity contribution in [2.24, 2.45) is 0 Å². The summed E-state index contributed by atoms with van der Waals surface area (Å²) in [6.45, 7) is 0. The highest BCUT2D eigenvalue weighted by atomic mass is 19.4. The molecule has 0 saturated heterocycles. The van der Waals surface area contributed by atoms with Gasteiger partial charge in [0.1, 0.15) is 0 Å². The average Bonchev–Trinajstić information content (AvgIpc) is 3.10. The molecule has 1 fully saturated rings. The van der Waals surface area contributed by atoms with Gasteiger partial charge in [-0.2, -0.15) is 13.2 Å². The SMILES string of the molecule is O=c1[nH]c(Cc2cccc(C(F)(F)F)c2)c(C2CCCCC2)[nH]1.c1ccccc1. The summed E-state index contributed by atoms with van der Waals surface area (Å²) in [5.74, 6) is 0.295. The van der Waals surface area contributed by atoms with E-state index in [-0.39, 0.29) is 5.69 Å². The van der Waals surface area contributed by atoms with Crippen LogP contribution in [0.4, 0.5) is 13.2 Å². The Morgan fingerprint density at radius 2 is 1.48 bits per heavy atom. The lowest BCUT2D eigenvalue weighted by atomic mass is 9.85. The van der Waals surface area contributed by atoms with Crippen LogP contribution in [-0.4, -0.2) is 9.97 Å². The molecular formula is C23H25F3N2O. The highest BCUT2D eigenvalue weighted by Crippen LogP contribution is 2.34. The fraction of sp³-hybridized carbons (Fsp3) is 0.348. The number of halogens is 3. The Bertz CT molecular complexity index is 912. The first-order valence-corrected chi connectivity index (χ1v) is 9.90. The molecule has 4 rings (SSSR count). The molecule has 3 aromatic rings.